The predicted octanol–water partition coefficient (Wildman–Crippen LogP) is 4.46. The third kappa shape index (κ3) is 16.4. The first-order valence-corrected chi connectivity index (χ1v) is 14.0. The number of piperidine rings is 1. The summed E-state index contributed by atoms with van der Waals surface area (Å²) in [5.74, 6) is -7.44. The fraction of sp³-hybridized carbons (Fsp3) is 0.704. The Morgan fingerprint density at radius 2 is 1.38 bits per heavy atom. The van der Waals surface area contributed by atoms with Crippen molar-refractivity contribution in [2.24, 2.45) is 5.92 Å². The molecule has 4 rings (SSSR count). The lowest BCUT2D eigenvalue weighted by Gasteiger charge is -2.40. The number of ether oxygens (including phenoxy) is 2. The Hall–Kier alpha value is -3.23. The monoisotopic (exact) mass is 701 g/mol. The standard InChI is InChI=1S/C21H33N3O2.3C2HF3O2/c1-23(15-19-3-2-8-22-14-19)20-13-21(26-17-20)6-9-24(10-7-21)16-18-4-11-25-12-5-18;3*3-2(4,5)1(6)7/h2-3,8,14,18,20H,4-7,9-13,15-17H2,1H3;3*(H,6,7). The highest BCUT2D eigenvalue weighted by atomic mass is 19.4. The van der Waals surface area contributed by atoms with E-state index in [1.165, 1.54) is 57.3 Å². The minimum absolute atomic E-state index is 0.125. The number of hydrogen-bond donors (Lipinski definition) is 3. The number of alkyl halides is 9. The zero-order chi connectivity index (χ0) is 36.1. The summed E-state index contributed by atoms with van der Waals surface area (Å²) in [6, 6.07) is 4.70. The number of nitrogens with zero attached hydrogens (tertiary/aromatic N) is 3. The first-order valence-electron chi connectivity index (χ1n) is 14.0. The minimum atomic E-state index is -5.08. The normalized spacial score (nSPS) is 20.2. The zero-order valence-electron chi connectivity index (χ0n) is 25.1. The maximum absolute atomic E-state index is 10.6. The molecule has 11 nitrogen and oxygen atoms in total. The molecule has 1 aromatic heterocycles. The maximum Gasteiger partial charge on any atom is 0.490 e. The van der Waals surface area contributed by atoms with Gasteiger partial charge in [-0.3, -0.25) is 9.88 Å². The summed E-state index contributed by atoms with van der Waals surface area (Å²) in [5.41, 5.74) is 1.40. The first-order chi connectivity index (χ1) is 21.6. The van der Waals surface area contributed by atoms with Crippen molar-refractivity contribution in [2.75, 3.05) is 46.5 Å². The van der Waals surface area contributed by atoms with E-state index in [0.717, 1.165) is 32.3 Å². The van der Waals surface area contributed by atoms with E-state index in [9.17, 15) is 39.5 Å². The average Bonchev–Trinajstić information content (AvgIpc) is 3.39. The van der Waals surface area contributed by atoms with Gasteiger partial charge < -0.3 is 29.7 Å². The van der Waals surface area contributed by atoms with Gasteiger partial charge in [-0.2, -0.15) is 39.5 Å². The fourth-order valence-electron chi connectivity index (χ4n) is 4.80. The number of aromatic nitrogens is 1. The van der Waals surface area contributed by atoms with Gasteiger partial charge in [0, 0.05) is 57.8 Å². The Morgan fingerprint density at radius 3 is 1.79 bits per heavy atom. The van der Waals surface area contributed by atoms with Crippen LogP contribution in [0.15, 0.2) is 24.5 Å². The fourth-order valence-corrected chi connectivity index (χ4v) is 4.80. The molecule has 47 heavy (non-hydrogen) atoms. The summed E-state index contributed by atoms with van der Waals surface area (Å²) >= 11 is 0. The molecule has 3 N–H and O–H groups in total. The molecule has 0 aliphatic carbocycles. The largest absolute Gasteiger partial charge is 0.490 e. The lowest BCUT2D eigenvalue weighted by Crippen LogP contribution is -2.46. The van der Waals surface area contributed by atoms with Gasteiger partial charge in [0.1, 0.15) is 0 Å². The number of pyridine rings is 1. The number of halogens is 9. The molecule has 3 saturated heterocycles. The molecule has 0 aromatic carbocycles. The highest BCUT2D eigenvalue weighted by molar-refractivity contribution is 5.73. The van der Waals surface area contributed by atoms with Gasteiger partial charge in [0.15, 0.2) is 0 Å². The van der Waals surface area contributed by atoms with Gasteiger partial charge in [0.2, 0.25) is 0 Å². The van der Waals surface area contributed by atoms with Crippen molar-refractivity contribution in [1.82, 2.24) is 14.8 Å². The molecule has 1 unspecified atom stereocenters. The molecule has 1 atom stereocenters. The van der Waals surface area contributed by atoms with E-state index in [0.29, 0.717) is 6.04 Å². The van der Waals surface area contributed by atoms with Crippen LogP contribution in [0.5, 0.6) is 0 Å². The Balaban J connectivity index is 0.000000430. The van der Waals surface area contributed by atoms with Crippen LogP contribution in [0.2, 0.25) is 0 Å². The lowest BCUT2D eigenvalue weighted by molar-refractivity contribution is -0.193. The van der Waals surface area contributed by atoms with Crippen molar-refractivity contribution in [3.8, 4) is 0 Å². The summed E-state index contributed by atoms with van der Waals surface area (Å²) in [4.78, 5) is 36.0. The van der Waals surface area contributed by atoms with E-state index in [1.54, 1.807) is 0 Å². The van der Waals surface area contributed by atoms with Crippen molar-refractivity contribution in [2.45, 2.75) is 68.8 Å². The SMILES string of the molecule is CN(Cc1cccnc1)C1COC2(CCN(CC3CCOCC3)CC2)C1.O=C(O)C(F)(F)F.O=C(O)C(F)(F)F.O=C(O)C(F)(F)F. The maximum atomic E-state index is 10.6. The van der Waals surface area contributed by atoms with E-state index in [-0.39, 0.29) is 5.60 Å². The number of carboxylic acids is 3. The molecular weight excluding hydrogens is 665 g/mol. The molecule has 0 amide bonds. The number of hydrogen-bond acceptors (Lipinski definition) is 8. The van der Waals surface area contributed by atoms with Crippen molar-refractivity contribution in [1.29, 1.82) is 0 Å². The van der Waals surface area contributed by atoms with Crippen molar-refractivity contribution in [3.05, 3.63) is 30.1 Å². The predicted molar refractivity (Wildman–Crippen MR) is 143 cm³/mol. The number of carbonyl (C=O) groups is 3. The molecule has 0 saturated carbocycles. The molecular formula is C27H36F9N3O8. The van der Waals surface area contributed by atoms with Gasteiger partial charge in [-0.05, 0) is 56.7 Å². The van der Waals surface area contributed by atoms with Crippen LogP contribution >= 0.6 is 0 Å². The Labute approximate surface area is 263 Å². The Morgan fingerprint density at radius 1 is 0.915 bits per heavy atom. The third-order valence-electron chi connectivity index (χ3n) is 7.32. The lowest BCUT2D eigenvalue weighted by atomic mass is 9.86. The average molecular weight is 702 g/mol. The molecule has 1 aromatic rings. The molecule has 20 heteroatoms. The van der Waals surface area contributed by atoms with Gasteiger partial charge >= 0.3 is 36.4 Å². The van der Waals surface area contributed by atoms with Crippen LogP contribution in [0.3, 0.4) is 0 Å². The molecule has 3 fully saturated rings. The van der Waals surface area contributed by atoms with Crippen LogP contribution in [0.25, 0.3) is 0 Å². The topological polar surface area (TPSA) is 150 Å². The van der Waals surface area contributed by atoms with E-state index in [2.05, 4.69) is 27.9 Å². The van der Waals surface area contributed by atoms with Crippen molar-refractivity contribution < 1.29 is 78.7 Å². The molecule has 270 valence electrons. The second-order valence-corrected chi connectivity index (χ2v) is 10.9. The first kappa shape index (κ1) is 41.8. The van der Waals surface area contributed by atoms with Gasteiger partial charge in [0.05, 0.1) is 12.2 Å². The Bertz CT molecular complexity index is 1050. The minimum Gasteiger partial charge on any atom is -0.475 e. The molecule has 1 spiro atoms. The van der Waals surface area contributed by atoms with E-state index >= 15 is 0 Å². The molecule has 0 radical (unpaired) electrons. The summed E-state index contributed by atoms with van der Waals surface area (Å²) in [6.45, 7) is 7.37. The number of rotatable bonds is 5. The van der Waals surface area contributed by atoms with E-state index in [4.69, 9.17) is 39.2 Å². The van der Waals surface area contributed by atoms with Gasteiger partial charge in [-0.15, -0.1) is 0 Å². The highest BCUT2D eigenvalue weighted by Crippen LogP contribution is 2.38. The second-order valence-electron chi connectivity index (χ2n) is 10.9. The number of aliphatic carboxylic acids is 3. The smallest absolute Gasteiger partial charge is 0.475 e. The van der Waals surface area contributed by atoms with Crippen molar-refractivity contribution in [3.63, 3.8) is 0 Å². The number of likely N-dealkylation sites (tertiary alicyclic amines) is 1. The van der Waals surface area contributed by atoms with Crippen LogP contribution in [-0.2, 0) is 30.4 Å². The summed E-state index contributed by atoms with van der Waals surface area (Å²) in [7, 11) is 2.22. The number of carboxylic acid groups (broad SMARTS) is 3. The highest BCUT2D eigenvalue weighted by Gasteiger charge is 2.44. The van der Waals surface area contributed by atoms with Crippen LogP contribution in [0, 0.1) is 5.92 Å². The van der Waals surface area contributed by atoms with Gasteiger partial charge in [-0.25, -0.2) is 14.4 Å². The zero-order valence-corrected chi connectivity index (χ0v) is 25.1. The third-order valence-corrected chi connectivity index (χ3v) is 7.32. The Kier molecular flexibility index (Phi) is 16.3. The van der Waals surface area contributed by atoms with E-state index in [1.807, 2.05) is 18.5 Å². The van der Waals surface area contributed by atoms with Crippen LogP contribution in [-0.4, -0.2) is 125 Å². The molecule has 4 heterocycles. The van der Waals surface area contributed by atoms with E-state index < -0.39 is 36.4 Å². The summed E-state index contributed by atoms with van der Waals surface area (Å²) in [5, 5.41) is 21.4. The van der Waals surface area contributed by atoms with Crippen LogP contribution in [0.4, 0.5) is 39.5 Å². The number of likely N-dealkylation sites (N-methyl/N-ethyl adjacent to an activating group) is 1. The van der Waals surface area contributed by atoms with Gasteiger partial charge in [-0.1, -0.05) is 6.07 Å². The molecule has 3 aliphatic heterocycles. The van der Waals surface area contributed by atoms with Crippen molar-refractivity contribution >= 4 is 17.9 Å². The van der Waals surface area contributed by atoms with Crippen LogP contribution < -0.4 is 0 Å². The summed E-state index contributed by atoms with van der Waals surface area (Å²) in [6.07, 6.45) is -5.42. The molecule has 3 aliphatic rings. The van der Waals surface area contributed by atoms with Crippen LogP contribution in [0.1, 0.15) is 37.7 Å². The second kappa shape index (κ2) is 18.3. The quantitative estimate of drug-likeness (QED) is 0.374. The molecule has 0 bridgehead atoms. The van der Waals surface area contributed by atoms with Gasteiger partial charge in [0.25, 0.3) is 0 Å². The summed E-state index contributed by atoms with van der Waals surface area (Å²) < 4.78 is 107.